The molecule has 1 atom stereocenters. The predicted octanol–water partition coefficient (Wildman–Crippen LogP) is 3.37. The average Bonchev–Trinajstić information content (AvgIpc) is 2.74. The highest BCUT2D eigenvalue weighted by molar-refractivity contribution is 5.94. The van der Waals surface area contributed by atoms with Crippen LogP contribution in [0.25, 0.3) is 0 Å². The van der Waals surface area contributed by atoms with Gasteiger partial charge in [0.05, 0.1) is 19.3 Å². The zero-order valence-electron chi connectivity index (χ0n) is 15.8. The van der Waals surface area contributed by atoms with Crippen molar-refractivity contribution in [3.63, 3.8) is 0 Å². The number of hydrogen-bond acceptors (Lipinski definition) is 3. The Kier molecular flexibility index (Phi) is 5.85. The van der Waals surface area contributed by atoms with Gasteiger partial charge in [-0.05, 0) is 54.5 Å². The molecule has 1 amide bonds. The molecule has 0 radical (unpaired) electrons. The molecular formula is C23H28N2O2. The number of ether oxygens (including phenoxy) is 1. The second kappa shape index (κ2) is 8.68. The zero-order valence-corrected chi connectivity index (χ0v) is 15.8. The van der Waals surface area contributed by atoms with E-state index in [-0.39, 0.29) is 11.9 Å². The summed E-state index contributed by atoms with van der Waals surface area (Å²) < 4.78 is 5.46. The second-order valence-corrected chi connectivity index (χ2v) is 7.54. The summed E-state index contributed by atoms with van der Waals surface area (Å²) in [5.74, 6) is 0.0190. The number of rotatable bonds is 5. The van der Waals surface area contributed by atoms with Crippen molar-refractivity contribution in [3.05, 3.63) is 70.8 Å². The molecule has 2 aromatic rings. The van der Waals surface area contributed by atoms with E-state index in [2.05, 4.69) is 34.5 Å². The van der Waals surface area contributed by atoms with Gasteiger partial charge in [0, 0.05) is 25.2 Å². The van der Waals surface area contributed by atoms with Gasteiger partial charge in [0.2, 0.25) is 0 Å². The first-order valence-electron chi connectivity index (χ1n) is 10.1. The fourth-order valence-corrected chi connectivity index (χ4v) is 4.08. The summed E-state index contributed by atoms with van der Waals surface area (Å²) in [6.07, 6.45) is 4.71. The molecule has 2 aliphatic rings. The zero-order chi connectivity index (χ0) is 18.5. The highest BCUT2D eigenvalue weighted by Crippen LogP contribution is 2.23. The smallest absolute Gasteiger partial charge is 0.251 e. The highest BCUT2D eigenvalue weighted by atomic mass is 16.5. The van der Waals surface area contributed by atoms with Crippen LogP contribution < -0.4 is 5.32 Å². The molecule has 0 unspecified atom stereocenters. The van der Waals surface area contributed by atoms with Crippen LogP contribution in [-0.4, -0.2) is 43.7 Å². The Morgan fingerprint density at radius 2 is 1.74 bits per heavy atom. The Labute approximate surface area is 161 Å². The van der Waals surface area contributed by atoms with E-state index >= 15 is 0 Å². The van der Waals surface area contributed by atoms with E-state index < -0.39 is 0 Å². The van der Waals surface area contributed by atoms with Crippen molar-refractivity contribution < 1.29 is 9.53 Å². The Morgan fingerprint density at radius 3 is 2.52 bits per heavy atom. The Morgan fingerprint density at radius 1 is 1.00 bits per heavy atom. The van der Waals surface area contributed by atoms with Crippen LogP contribution in [0.2, 0.25) is 0 Å². The van der Waals surface area contributed by atoms with Gasteiger partial charge in [-0.25, -0.2) is 0 Å². The molecule has 1 N–H and O–H groups in total. The minimum Gasteiger partial charge on any atom is -0.379 e. The molecule has 27 heavy (non-hydrogen) atoms. The number of nitrogens with zero attached hydrogens (tertiary/aromatic N) is 1. The quantitative estimate of drug-likeness (QED) is 0.884. The number of fused-ring (bicyclic) bond motifs is 1. The van der Waals surface area contributed by atoms with Crippen LogP contribution in [-0.2, 0) is 17.6 Å². The van der Waals surface area contributed by atoms with Gasteiger partial charge in [-0.3, -0.25) is 9.69 Å². The molecule has 1 aliphatic carbocycles. The molecule has 4 nitrogen and oxygen atoms in total. The van der Waals surface area contributed by atoms with Crippen LogP contribution in [0.3, 0.4) is 0 Å². The Hall–Kier alpha value is -2.17. The van der Waals surface area contributed by atoms with Crippen molar-refractivity contribution in [1.29, 1.82) is 0 Å². The molecule has 2 aromatic carbocycles. The Bertz CT molecular complexity index is 769. The van der Waals surface area contributed by atoms with E-state index in [4.69, 9.17) is 4.74 Å². The van der Waals surface area contributed by atoms with Gasteiger partial charge in [0.25, 0.3) is 5.91 Å². The lowest BCUT2D eigenvalue weighted by molar-refractivity contribution is 0.0332. The summed E-state index contributed by atoms with van der Waals surface area (Å²) in [6, 6.07) is 16.5. The molecule has 0 bridgehead atoms. The molecule has 1 fully saturated rings. The first-order valence-corrected chi connectivity index (χ1v) is 10.1. The minimum atomic E-state index is -0.0205. The van der Waals surface area contributed by atoms with Crippen molar-refractivity contribution in [2.75, 3.05) is 32.8 Å². The van der Waals surface area contributed by atoms with E-state index in [9.17, 15) is 4.79 Å². The van der Waals surface area contributed by atoms with Gasteiger partial charge in [-0.2, -0.15) is 0 Å². The maximum absolute atomic E-state index is 13.0. The monoisotopic (exact) mass is 364 g/mol. The predicted molar refractivity (Wildman–Crippen MR) is 107 cm³/mol. The maximum atomic E-state index is 13.0. The first kappa shape index (κ1) is 18.2. The van der Waals surface area contributed by atoms with Gasteiger partial charge in [0.1, 0.15) is 0 Å². The van der Waals surface area contributed by atoms with Crippen LogP contribution >= 0.6 is 0 Å². The summed E-state index contributed by atoms with van der Waals surface area (Å²) in [5.41, 5.74) is 4.68. The molecule has 1 saturated heterocycles. The summed E-state index contributed by atoms with van der Waals surface area (Å²) in [7, 11) is 0. The molecule has 4 rings (SSSR count). The summed E-state index contributed by atoms with van der Waals surface area (Å²) in [5, 5.41) is 3.28. The highest BCUT2D eigenvalue weighted by Gasteiger charge is 2.21. The van der Waals surface area contributed by atoms with E-state index in [0.717, 1.165) is 56.8 Å². The number of nitrogens with one attached hydrogen (secondary N) is 1. The first-order chi connectivity index (χ1) is 13.3. The SMILES string of the molecule is O=C(N[C@H](CN1CCOCC1)c1ccccc1)c1ccc2c(c1)CCCC2. The standard InChI is InChI=1S/C23H28N2O2/c26-23(21-11-10-18-6-4-5-9-20(18)16-21)24-22(19-7-2-1-3-8-19)17-25-12-14-27-15-13-25/h1-3,7-8,10-11,16,22H,4-6,9,12-15,17H2,(H,24,26)/t22-/m1/s1. The number of aryl methyl sites for hydroxylation is 2. The van der Waals surface area contributed by atoms with Crippen LogP contribution in [0.1, 0.15) is 45.9 Å². The molecule has 1 heterocycles. The number of morpholine rings is 1. The van der Waals surface area contributed by atoms with Gasteiger partial charge in [-0.15, -0.1) is 0 Å². The number of hydrogen-bond donors (Lipinski definition) is 1. The number of benzene rings is 2. The lowest BCUT2D eigenvalue weighted by Gasteiger charge is -2.31. The van der Waals surface area contributed by atoms with E-state index in [0.29, 0.717) is 0 Å². The molecule has 0 saturated carbocycles. The number of carbonyl (C=O) groups excluding carboxylic acids is 1. The number of carbonyl (C=O) groups is 1. The van der Waals surface area contributed by atoms with Crippen LogP contribution in [0.4, 0.5) is 0 Å². The Balaban J connectivity index is 1.50. The van der Waals surface area contributed by atoms with Crippen LogP contribution in [0.15, 0.2) is 48.5 Å². The topological polar surface area (TPSA) is 41.6 Å². The normalized spacial score (nSPS) is 18.5. The van der Waals surface area contributed by atoms with E-state index in [1.807, 2.05) is 24.3 Å². The second-order valence-electron chi connectivity index (χ2n) is 7.54. The molecule has 142 valence electrons. The van der Waals surface area contributed by atoms with Crippen molar-refractivity contribution in [1.82, 2.24) is 10.2 Å². The summed E-state index contributed by atoms with van der Waals surface area (Å²) in [6.45, 7) is 4.17. The molecular weight excluding hydrogens is 336 g/mol. The van der Waals surface area contributed by atoms with Crippen molar-refractivity contribution in [2.24, 2.45) is 0 Å². The minimum absolute atomic E-state index is 0.0190. The van der Waals surface area contributed by atoms with Gasteiger partial charge in [-0.1, -0.05) is 36.4 Å². The fraction of sp³-hybridized carbons (Fsp3) is 0.435. The van der Waals surface area contributed by atoms with Crippen LogP contribution in [0.5, 0.6) is 0 Å². The molecule has 0 spiro atoms. The van der Waals surface area contributed by atoms with E-state index in [1.165, 1.54) is 24.0 Å². The summed E-state index contributed by atoms with van der Waals surface area (Å²) in [4.78, 5) is 15.4. The third-order valence-corrected chi connectivity index (χ3v) is 5.66. The largest absolute Gasteiger partial charge is 0.379 e. The van der Waals surface area contributed by atoms with Gasteiger partial charge >= 0.3 is 0 Å². The fourth-order valence-electron chi connectivity index (χ4n) is 4.08. The van der Waals surface area contributed by atoms with Crippen molar-refractivity contribution >= 4 is 5.91 Å². The lowest BCUT2D eigenvalue weighted by atomic mass is 9.90. The number of amides is 1. The molecule has 4 heteroatoms. The van der Waals surface area contributed by atoms with Gasteiger partial charge < -0.3 is 10.1 Å². The van der Waals surface area contributed by atoms with Gasteiger partial charge in [0.15, 0.2) is 0 Å². The third kappa shape index (κ3) is 4.57. The molecule has 0 aromatic heterocycles. The summed E-state index contributed by atoms with van der Waals surface area (Å²) >= 11 is 0. The third-order valence-electron chi connectivity index (χ3n) is 5.66. The van der Waals surface area contributed by atoms with Crippen molar-refractivity contribution in [3.8, 4) is 0 Å². The lowest BCUT2D eigenvalue weighted by Crippen LogP contribution is -2.43. The van der Waals surface area contributed by atoms with E-state index in [1.54, 1.807) is 0 Å². The van der Waals surface area contributed by atoms with Crippen LogP contribution in [0, 0.1) is 0 Å². The maximum Gasteiger partial charge on any atom is 0.251 e. The van der Waals surface area contributed by atoms with Crippen molar-refractivity contribution in [2.45, 2.75) is 31.7 Å². The molecule has 1 aliphatic heterocycles. The average molecular weight is 364 g/mol.